The molecular formula is C25H27N3O4. The zero-order valence-corrected chi connectivity index (χ0v) is 18.1. The van der Waals surface area contributed by atoms with E-state index in [1.165, 1.54) is 4.90 Å². The fourth-order valence-electron chi connectivity index (χ4n) is 3.14. The number of methoxy groups -OCH3 is 1. The maximum Gasteiger partial charge on any atom is 0.322 e. The molecule has 2 aromatic carbocycles. The van der Waals surface area contributed by atoms with Crippen molar-refractivity contribution in [3.63, 3.8) is 0 Å². The third kappa shape index (κ3) is 6.50. The van der Waals surface area contributed by atoms with Gasteiger partial charge in [0, 0.05) is 18.8 Å². The van der Waals surface area contributed by atoms with Gasteiger partial charge in [-0.05, 0) is 42.0 Å². The van der Waals surface area contributed by atoms with Crippen LogP contribution in [0.25, 0.3) is 0 Å². The third-order valence-electron chi connectivity index (χ3n) is 4.80. The molecule has 0 fully saturated rings. The van der Waals surface area contributed by atoms with Crippen LogP contribution in [0.15, 0.2) is 90.1 Å². The molecule has 0 radical (unpaired) electrons. The van der Waals surface area contributed by atoms with Gasteiger partial charge in [-0.2, -0.15) is 0 Å². The van der Waals surface area contributed by atoms with Gasteiger partial charge in [-0.25, -0.2) is 4.79 Å². The van der Waals surface area contributed by atoms with Crippen LogP contribution in [-0.4, -0.2) is 41.9 Å². The van der Waals surface area contributed by atoms with E-state index in [1.807, 2.05) is 36.4 Å². The fourth-order valence-corrected chi connectivity index (χ4v) is 3.14. The van der Waals surface area contributed by atoms with Gasteiger partial charge >= 0.3 is 6.03 Å². The number of carbonyl (C=O) groups is 2. The Bertz CT molecular complexity index is 1000. The van der Waals surface area contributed by atoms with Crippen LogP contribution in [0.2, 0.25) is 0 Å². The van der Waals surface area contributed by atoms with Crippen LogP contribution in [0, 0.1) is 0 Å². The standard InChI is InChI=1S/C25H27N3O4/c1-3-15-27(25(30)26-21-11-13-22(31-2)14-12-21)19-24(29)28(18-23-10-7-16-32-23)17-20-8-5-4-6-9-20/h3-14,16H,1,15,17-19H2,2H3,(H,26,30). The predicted octanol–water partition coefficient (Wildman–Crippen LogP) is 4.54. The topological polar surface area (TPSA) is 75.0 Å². The van der Waals surface area contributed by atoms with Crippen LogP contribution in [-0.2, 0) is 17.9 Å². The largest absolute Gasteiger partial charge is 0.497 e. The van der Waals surface area contributed by atoms with E-state index in [2.05, 4.69) is 11.9 Å². The summed E-state index contributed by atoms with van der Waals surface area (Å²) < 4.78 is 10.6. The number of nitrogens with zero attached hydrogens (tertiary/aromatic N) is 2. The van der Waals surface area contributed by atoms with E-state index < -0.39 is 0 Å². The van der Waals surface area contributed by atoms with E-state index in [9.17, 15) is 9.59 Å². The maximum absolute atomic E-state index is 13.2. The molecule has 1 aromatic heterocycles. The highest BCUT2D eigenvalue weighted by Crippen LogP contribution is 2.16. The van der Waals surface area contributed by atoms with E-state index in [-0.39, 0.29) is 25.0 Å². The van der Waals surface area contributed by atoms with Crippen molar-refractivity contribution in [1.29, 1.82) is 0 Å². The first-order valence-corrected chi connectivity index (χ1v) is 10.2. The van der Waals surface area contributed by atoms with E-state index >= 15 is 0 Å². The van der Waals surface area contributed by atoms with Crippen LogP contribution in [0.1, 0.15) is 11.3 Å². The lowest BCUT2D eigenvalue weighted by molar-refractivity contribution is -0.133. The molecule has 0 aliphatic carbocycles. The van der Waals surface area contributed by atoms with Gasteiger partial charge in [0.25, 0.3) is 0 Å². The number of ether oxygens (including phenoxy) is 1. The molecule has 7 nitrogen and oxygen atoms in total. The van der Waals surface area contributed by atoms with Gasteiger partial charge in [0.15, 0.2) is 0 Å². The number of rotatable bonds is 10. The zero-order valence-electron chi connectivity index (χ0n) is 18.1. The molecule has 3 amide bonds. The first kappa shape index (κ1) is 22.7. The molecule has 0 atom stereocenters. The van der Waals surface area contributed by atoms with E-state index in [4.69, 9.17) is 9.15 Å². The molecule has 32 heavy (non-hydrogen) atoms. The van der Waals surface area contributed by atoms with Crippen LogP contribution in [0.4, 0.5) is 10.5 Å². The molecule has 3 aromatic rings. The SMILES string of the molecule is C=CCN(CC(=O)N(Cc1ccccc1)Cc1ccco1)C(=O)Nc1ccc(OC)cc1. The fraction of sp³-hybridized carbons (Fsp3) is 0.200. The van der Waals surface area contributed by atoms with Gasteiger partial charge in [-0.3, -0.25) is 4.79 Å². The Morgan fingerprint density at radius 1 is 1.00 bits per heavy atom. The summed E-state index contributed by atoms with van der Waals surface area (Å²) in [5, 5.41) is 2.81. The number of anilines is 1. The molecule has 0 aliphatic rings. The summed E-state index contributed by atoms with van der Waals surface area (Å²) in [7, 11) is 1.58. The van der Waals surface area contributed by atoms with Crippen molar-refractivity contribution in [3.05, 3.63) is 97.0 Å². The Labute approximate surface area is 187 Å². The maximum atomic E-state index is 13.2. The second kappa shape index (κ2) is 11.4. The number of hydrogen-bond acceptors (Lipinski definition) is 4. The minimum atomic E-state index is -0.388. The highest BCUT2D eigenvalue weighted by molar-refractivity contribution is 5.92. The minimum absolute atomic E-state index is 0.0957. The smallest absolute Gasteiger partial charge is 0.322 e. The van der Waals surface area contributed by atoms with Crippen molar-refractivity contribution in [2.75, 3.05) is 25.5 Å². The number of hydrogen-bond donors (Lipinski definition) is 1. The third-order valence-corrected chi connectivity index (χ3v) is 4.80. The summed E-state index contributed by atoms with van der Waals surface area (Å²) in [4.78, 5) is 29.1. The monoisotopic (exact) mass is 433 g/mol. The molecule has 0 bridgehead atoms. The van der Waals surface area contributed by atoms with Gasteiger partial charge in [-0.1, -0.05) is 36.4 Å². The van der Waals surface area contributed by atoms with E-state index in [0.717, 1.165) is 5.56 Å². The molecule has 1 N–H and O–H groups in total. The summed E-state index contributed by atoms with van der Waals surface area (Å²) in [6.07, 6.45) is 3.17. The number of amides is 3. The lowest BCUT2D eigenvalue weighted by atomic mass is 10.2. The summed E-state index contributed by atoms with van der Waals surface area (Å²) in [5.41, 5.74) is 1.60. The van der Waals surface area contributed by atoms with Crippen molar-refractivity contribution < 1.29 is 18.7 Å². The van der Waals surface area contributed by atoms with E-state index in [1.54, 1.807) is 54.7 Å². The van der Waals surface area contributed by atoms with Crippen molar-refractivity contribution in [2.24, 2.45) is 0 Å². The molecule has 0 aliphatic heterocycles. The zero-order chi connectivity index (χ0) is 22.8. The van der Waals surface area contributed by atoms with Crippen LogP contribution >= 0.6 is 0 Å². The molecule has 0 unspecified atom stereocenters. The number of urea groups is 1. The average molecular weight is 434 g/mol. The summed E-state index contributed by atoms with van der Waals surface area (Å²) in [5.74, 6) is 1.17. The number of benzene rings is 2. The molecule has 7 heteroatoms. The van der Waals surface area contributed by atoms with Gasteiger partial charge in [0.1, 0.15) is 18.1 Å². The van der Waals surface area contributed by atoms with Crippen molar-refractivity contribution in [3.8, 4) is 5.75 Å². The number of furan rings is 1. The first-order valence-electron chi connectivity index (χ1n) is 10.2. The lowest BCUT2D eigenvalue weighted by Gasteiger charge is -2.27. The van der Waals surface area contributed by atoms with Gasteiger partial charge in [0.05, 0.1) is 19.9 Å². The Morgan fingerprint density at radius 2 is 1.75 bits per heavy atom. The number of nitrogens with one attached hydrogen (secondary N) is 1. The van der Waals surface area contributed by atoms with E-state index in [0.29, 0.717) is 30.3 Å². The summed E-state index contributed by atoms with van der Waals surface area (Å²) in [6.45, 7) is 4.56. The highest BCUT2D eigenvalue weighted by Gasteiger charge is 2.22. The average Bonchev–Trinajstić information content (AvgIpc) is 3.32. The minimum Gasteiger partial charge on any atom is -0.497 e. The van der Waals surface area contributed by atoms with Gasteiger partial charge in [0.2, 0.25) is 5.91 Å². The quantitative estimate of drug-likeness (QED) is 0.477. The van der Waals surface area contributed by atoms with Crippen molar-refractivity contribution >= 4 is 17.6 Å². The Balaban J connectivity index is 1.70. The lowest BCUT2D eigenvalue weighted by Crippen LogP contribution is -2.44. The van der Waals surface area contributed by atoms with Gasteiger partial charge < -0.3 is 24.3 Å². The molecule has 0 saturated heterocycles. The Morgan fingerprint density at radius 3 is 2.38 bits per heavy atom. The normalized spacial score (nSPS) is 10.3. The second-order valence-electron chi connectivity index (χ2n) is 7.14. The Hall–Kier alpha value is -4.00. The predicted molar refractivity (Wildman–Crippen MR) is 123 cm³/mol. The van der Waals surface area contributed by atoms with Crippen LogP contribution in [0.3, 0.4) is 0 Å². The Kier molecular flexibility index (Phi) is 8.09. The van der Waals surface area contributed by atoms with Crippen molar-refractivity contribution in [2.45, 2.75) is 13.1 Å². The van der Waals surface area contributed by atoms with Crippen molar-refractivity contribution in [1.82, 2.24) is 9.80 Å². The molecule has 0 spiro atoms. The highest BCUT2D eigenvalue weighted by atomic mass is 16.5. The first-order chi connectivity index (χ1) is 15.6. The van der Waals surface area contributed by atoms with Crippen LogP contribution in [0.5, 0.6) is 5.75 Å². The summed E-state index contributed by atoms with van der Waals surface area (Å²) in [6, 6.07) is 19.9. The molecule has 0 saturated carbocycles. The molecule has 166 valence electrons. The second-order valence-corrected chi connectivity index (χ2v) is 7.14. The molecular weight excluding hydrogens is 406 g/mol. The number of carbonyl (C=O) groups excluding carboxylic acids is 2. The molecule has 1 heterocycles. The molecule has 3 rings (SSSR count). The van der Waals surface area contributed by atoms with Gasteiger partial charge in [-0.15, -0.1) is 6.58 Å². The summed E-state index contributed by atoms with van der Waals surface area (Å²) >= 11 is 0. The van der Waals surface area contributed by atoms with Crippen LogP contribution < -0.4 is 10.1 Å².